The molecule has 0 radical (unpaired) electrons. The Hall–Kier alpha value is -2.98. The topological polar surface area (TPSA) is 119 Å². The summed E-state index contributed by atoms with van der Waals surface area (Å²) in [4.78, 5) is 12.8. The molecular weight excluding hydrogens is 406 g/mol. The maximum absolute atomic E-state index is 12.7. The number of nitrogens with zero attached hydrogens (tertiary/aromatic N) is 3. The molecule has 10 heteroatoms. The highest BCUT2D eigenvalue weighted by atomic mass is 32.2. The first-order valence-electron chi connectivity index (χ1n) is 9.73. The second-order valence-electron chi connectivity index (χ2n) is 7.38. The Morgan fingerprint density at radius 3 is 2.70 bits per heavy atom. The molecule has 2 N–H and O–H groups in total. The number of carbonyl (C=O) groups excluding carboxylic acids is 1. The Bertz CT molecular complexity index is 1120. The normalized spacial score (nSPS) is 15.5. The van der Waals surface area contributed by atoms with Crippen molar-refractivity contribution in [3.63, 3.8) is 0 Å². The molecule has 1 atom stereocenters. The highest BCUT2D eigenvalue weighted by molar-refractivity contribution is 7.89. The van der Waals surface area contributed by atoms with Gasteiger partial charge in [-0.2, -0.15) is 5.10 Å². The van der Waals surface area contributed by atoms with Crippen LogP contribution in [0.25, 0.3) is 0 Å². The number of amides is 1. The lowest BCUT2D eigenvalue weighted by Crippen LogP contribution is -2.37. The molecule has 2 aromatic heterocycles. The van der Waals surface area contributed by atoms with Crippen LogP contribution in [0.15, 0.2) is 58.2 Å². The van der Waals surface area contributed by atoms with E-state index in [-0.39, 0.29) is 17.2 Å². The molecule has 30 heavy (non-hydrogen) atoms. The molecule has 4 rings (SSSR count). The van der Waals surface area contributed by atoms with E-state index < -0.39 is 22.0 Å². The van der Waals surface area contributed by atoms with Crippen molar-refractivity contribution >= 4 is 15.9 Å². The van der Waals surface area contributed by atoms with Gasteiger partial charge >= 0.3 is 0 Å². The van der Waals surface area contributed by atoms with Crippen molar-refractivity contribution in [2.24, 2.45) is 7.05 Å². The second-order valence-corrected chi connectivity index (χ2v) is 9.15. The van der Waals surface area contributed by atoms with Crippen molar-refractivity contribution in [2.45, 2.75) is 36.1 Å². The smallest absolute Gasteiger partial charge is 0.290 e. The fraction of sp³-hybridized carbons (Fsp3) is 0.350. The van der Waals surface area contributed by atoms with Crippen molar-refractivity contribution in [3.05, 3.63) is 65.8 Å². The average molecular weight is 430 g/mol. The van der Waals surface area contributed by atoms with E-state index in [4.69, 9.17) is 4.52 Å². The Morgan fingerprint density at radius 1 is 1.30 bits per heavy atom. The number of carbonyl (C=O) groups is 1. The van der Waals surface area contributed by atoms with Crippen LogP contribution < -0.4 is 10.0 Å². The Labute approximate surface area is 174 Å². The third-order valence-electron chi connectivity index (χ3n) is 5.25. The highest BCUT2D eigenvalue weighted by Gasteiger charge is 2.26. The van der Waals surface area contributed by atoms with E-state index >= 15 is 0 Å². The first-order valence-corrected chi connectivity index (χ1v) is 11.2. The van der Waals surface area contributed by atoms with Gasteiger partial charge in [-0.3, -0.25) is 9.48 Å². The van der Waals surface area contributed by atoms with Crippen LogP contribution in [0.2, 0.25) is 0 Å². The van der Waals surface area contributed by atoms with Crippen LogP contribution in [0, 0.1) is 0 Å². The molecule has 0 aliphatic heterocycles. The quantitative estimate of drug-likeness (QED) is 0.566. The summed E-state index contributed by atoms with van der Waals surface area (Å²) in [5.41, 5.74) is 1.55. The van der Waals surface area contributed by atoms with E-state index in [9.17, 15) is 13.2 Å². The van der Waals surface area contributed by atoms with Gasteiger partial charge in [0, 0.05) is 31.8 Å². The highest BCUT2D eigenvalue weighted by Crippen LogP contribution is 2.35. The molecule has 0 saturated heterocycles. The van der Waals surface area contributed by atoms with Gasteiger partial charge in [0.25, 0.3) is 5.91 Å². The van der Waals surface area contributed by atoms with Crippen LogP contribution >= 0.6 is 0 Å². The van der Waals surface area contributed by atoms with Gasteiger partial charge in [-0.1, -0.05) is 41.9 Å². The molecule has 0 bridgehead atoms. The number of rotatable bonds is 8. The van der Waals surface area contributed by atoms with Gasteiger partial charge in [-0.25, -0.2) is 13.1 Å². The van der Waals surface area contributed by atoms with Crippen molar-refractivity contribution in [2.75, 3.05) is 6.54 Å². The van der Waals surface area contributed by atoms with Crippen LogP contribution in [0.4, 0.5) is 0 Å². The van der Waals surface area contributed by atoms with Gasteiger partial charge in [0.15, 0.2) is 0 Å². The molecule has 1 unspecified atom stereocenters. The maximum Gasteiger partial charge on any atom is 0.290 e. The summed E-state index contributed by atoms with van der Waals surface area (Å²) in [6.07, 6.45) is 5.95. The molecular formula is C20H23N5O4S. The van der Waals surface area contributed by atoms with Crippen molar-refractivity contribution in [1.29, 1.82) is 0 Å². The lowest BCUT2D eigenvalue weighted by atomic mass is 9.83. The van der Waals surface area contributed by atoms with Crippen LogP contribution in [-0.4, -0.2) is 35.8 Å². The SMILES string of the molecule is Cn1cc(S(=O)(=O)NCC(NC(=O)c2cc(C3CCC3)no2)c2ccccc2)cn1. The van der Waals surface area contributed by atoms with E-state index in [0.29, 0.717) is 5.92 Å². The minimum absolute atomic E-state index is 0.0312. The van der Waals surface area contributed by atoms with Crippen LogP contribution in [0.3, 0.4) is 0 Å². The van der Waals surface area contributed by atoms with E-state index in [1.807, 2.05) is 30.3 Å². The van der Waals surface area contributed by atoms with Crippen molar-refractivity contribution in [3.8, 4) is 0 Å². The molecule has 0 spiro atoms. The van der Waals surface area contributed by atoms with Crippen LogP contribution in [0.1, 0.15) is 53.0 Å². The number of sulfonamides is 1. The fourth-order valence-corrected chi connectivity index (χ4v) is 4.30. The summed E-state index contributed by atoms with van der Waals surface area (Å²) in [6, 6.07) is 10.2. The fourth-order valence-electron chi connectivity index (χ4n) is 3.27. The number of nitrogens with one attached hydrogen (secondary N) is 2. The lowest BCUT2D eigenvalue weighted by molar-refractivity contribution is 0.0899. The third kappa shape index (κ3) is 4.44. The lowest BCUT2D eigenvalue weighted by Gasteiger charge is -2.22. The van der Waals surface area contributed by atoms with Crippen molar-refractivity contribution in [1.82, 2.24) is 25.0 Å². The molecule has 1 aliphatic carbocycles. The van der Waals surface area contributed by atoms with Gasteiger partial charge in [0.1, 0.15) is 4.90 Å². The number of hydrogen-bond donors (Lipinski definition) is 2. The minimum Gasteiger partial charge on any atom is -0.351 e. The summed E-state index contributed by atoms with van der Waals surface area (Å²) in [6.45, 7) is -0.0312. The molecule has 1 saturated carbocycles. The predicted octanol–water partition coefficient (Wildman–Crippen LogP) is 2.13. The van der Waals surface area contributed by atoms with E-state index in [0.717, 1.165) is 30.5 Å². The Kier molecular flexibility index (Phi) is 5.69. The maximum atomic E-state index is 12.7. The molecule has 158 valence electrons. The van der Waals surface area contributed by atoms with Gasteiger partial charge in [-0.15, -0.1) is 0 Å². The monoisotopic (exact) mass is 429 g/mol. The average Bonchev–Trinajstić information content (AvgIpc) is 3.34. The largest absolute Gasteiger partial charge is 0.351 e. The molecule has 1 fully saturated rings. The minimum atomic E-state index is -3.77. The molecule has 1 aliphatic rings. The second kappa shape index (κ2) is 8.41. The molecule has 1 amide bonds. The Morgan fingerprint density at radius 2 is 2.07 bits per heavy atom. The Balaban J connectivity index is 1.48. The number of aryl methyl sites for hydroxylation is 1. The molecule has 9 nitrogen and oxygen atoms in total. The first kappa shape index (κ1) is 20.3. The van der Waals surface area contributed by atoms with E-state index in [1.165, 1.54) is 17.1 Å². The number of aromatic nitrogens is 3. The van der Waals surface area contributed by atoms with E-state index in [1.54, 1.807) is 13.1 Å². The number of hydrogen-bond acceptors (Lipinski definition) is 6. The van der Waals surface area contributed by atoms with Gasteiger partial charge in [0.2, 0.25) is 15.8 Å². The summed E-state index contributed by atoms with van der Waals surface area (Å²) in [7, 11) is -2.13. The summed E-state index contributed by atoms with van der Waals surface area (Å²) >= 11 is 0. The molecule has 1 aromatic carbocycles. The summed E-state index contributed by atoms with van der Waals surface area (Å²) < 4.78 is 34.3. The summed E-state index contributed by atoms with van der Waals surface area (Å²) in [5.74, 6) is 0.0296. The zero-order valence-electron chi connectivity index (χ0n) is 16.5. The third-order valence-corrected chi connectivity index (χ3v) is 6.63. The standard InChI is InChI=1S/C20H23N5O4S/c1-25-13-16(11-21-25)30(27,28)22-12-18(15-6-3-2-4-7-15)23-20(26)19-10-17(24-29-19)14-8-5-9-14/h2-4,6-7,10-11,13-14,18,22H,5,8-9,12H2,1H3,(H,23,26). The first-order chi connectivity index (χ1) is 14.4. The zero-order valence-corrected chi connectivity index (χ0v) is 17.3. The van der Waals surface area contributed by atoms with Gasteiger partial charge < -0.3 is 9.84 Å². The predicted molar refractivity (Wildman–Crippen MR) is 108 cm³/mol. The van der Waals surface area contributed by atoms with Crippen molar-refractivity contribution < 1.29 is 17.7 Å². The summed E-state index contributed by atoms with van der Waals surface area (Å²) in [5, 5.41) is 10.7. The number of benzene rings is 1. The van der Waals surface area contributed by atoms with Gasteiger partial charge in [-0.05, 0) is 18.4 Å². The molecule has 2 heterocycles. The van der Waals surface area contributed by atoms with E-state index in [2.05, 4.69) is 20.3 Å². The van der Waals surface area contributed by atoms with Crippen LogP contribution in [-0.2, 0) is 17.1 Å². The zero-order chi connectivity index (χ0) is 21.1. The van der Waals surface area contributed by atoms with Gasteiger partial charge in [0.05, 0.1) is 17.9 Å². The molecule has 3 aromatic rings. The van der Waals surface area contributed by atoms with Crippen LogP contribution in [0.5, 0.6) is 0 Å².